The molecule has 0 N–H and O–H groups in total. The fraction of sp³-hybridized carbons (Fsp3) is 0.804. The van der Waals surface area contributed by atoms with E-state index in [-0.39, 0.29) is 31.1 Å². The average molecular weight is 869 g/mol. The molecule has 0 aromatic carbocycles. The first-order valence-corrected chi connectivity index (χ1v) is 26.6. The maximum atomic E-state index is 12.8. The summed E-state index contributed by atoms with van der Waals surface area (Å²) in [4.78, 5) is 37.9. The van der Waals surface area contributed by atoms with Crippen molar-refractivity contribution < 1.29 is 28.6 Å². The van der Waals surface area contributed by atoms with Crippen LogP contribution in [0.3, 0.4) is 0 Å². The summed E-state index contributed by atoms with van der Waals surface area (Å²) in [7, 11) is 0. The van der Waals surface area contributed by atoms with Gasteiger partial charge in [-0.25, -0.2) is 0 Å². The van der Waals surface area contributed by atoms with Crippen LogP contribution < -0.4 is 0 Å². The monoisotopic (exact) mass is 869 g/mol. The number of hydrogen-bond donors (Lipinski definition) is 0. The van der Waals surface area contributed by atoms with Crippen LogP contribution in [0.5, 0.6) is 0 Å². The molecule has 0 heterocycles. The molecule has 0 aliphatic rings. The molecule has 6 heteroatoms. The molecule has 0 aliphatic carbocycles. The Morgan fingerprint density at radius 3 is 0.984 bits per heavy atom. The molecule has 1 unspecified atom stereocenters. The Bertz CT molecular complexity index is 1090. The minimum atomic E-state index is -0.773. The molecule has 0 fully saturated rings. The third-order valence-electron chi connectivity index (χ3n) is 11.6. The highest BCUT2D eigenvalue weighted by Gasteiger charge is 2.19. The summed E-state index contributed by atoms with van der Waals surface area (Å²) in [5, 5.41) is 0. The van der Waals surface area contributed by atoms with E-state index in [1.54, 1.807) is 0 Å². The standard InChI is InChI=1S/C56H100O6/c1-4-7-10-13-16-19-21-23-25-27-28-30-31-33-35-37-40-43-46-49-55(58)61-52-53(51-60-54(57)48-45-42-39-18-15-12-9-6-3)62-56(59)50-47-44-41-38-36-34-32-29-26-24-22-20-17-14-11-8-5-2/h7,10,16,19,23,25,28,30,53H,4-6,8-9,11-15,17-18,20-22,24,26-27,29,31-52H2,1-3H3/b10-7-,19-16-,25-23-,30-28-. The summed E-state index contributed by atoms with van der Waals surface area (Å²) < 4.78 is 16.8. The van der Waals surface area contributed by atoms with E-state index < -0.39 is 6.10 Å². The fourth-order valence-electron chi connectivity index (χ4n) is 7.61. The highest BCUT2D eigenvalue weighted by Crippen LogP contribution is 2.16. The van der Waals surface area contributed by atoms with Crippen LogP contribution in [0.1, 0.15) is 271 Å². The van der Waals surface area contributed by atoms with Gasteiger partial charge >= 0.3 is 17.9 Å². The van der Waals surface area contributed by atoms with Crippen LogP contribution in [0.2, 0.25) is 0 Å². The fourth-order valence-corrected chi connectivity index (χ4v) is 7.61. The van der Waals surface area contributed by atoms with E-state index in [1.165, 1.54) is 141 Å². The molecule has 0 aromatic heterocycles. The lowest BCUT2D eigenvalue weighted by Gasteiger charge is -2.18. The number of ether oxygens (including phenoxy) is 3. The smallest absolute Gasteiger partial charge is 0.306 e. The maximum Gasteiger partial charge on any atom is 0.306 e. The third kappa shape index (κ3) is 48.4. The number of hydrogen-bond acceptors (Lipinski definition) is 6. The molecule has 1 atom stereocenters. The first-order chi connectivity index (χ1) is 30.5. The molecule has 62 heavy (non-hydrogen) atoms. The lowest BCUT2D eigenvalue weighted by atomic mass is 10.0. The van der Waals surface area contributed by atoms with E-state index in [1.807, 2.05) is 0 Å². The van der Waals surface area contributed by atoms with Crippen molar-refractivity contribution in [2.24, 2.45) is 0 Å². The maximum absolute atomic E-state index is 12.8. The van der Waals surface area contributed by atoms with Crippen LogP contribution in [0, 0.1) is 0 Å². The zero-order valence-corrected chi connectivity index (χ0v) is 41.1. The molecular formula is C56H100O6. The Balaban J connectivity index is 4.28. The Hall–Kier alpha value is -2.63. The quantitative estimate of drug-likeness (QED) is 0.0262. The molecular weight excluding hydrogens is 769 g/mol. The minimum absolute atomic E-state index is 0.0746. The van der Waals surface area contributed by atoms with Crippen molar-refractivity contribution in [2.45, 2.75) is 277 Å². The van der Waals surface area contributed by atoms with Gasteiger partial charge in [0.25, 0.3) is 0 Å². The molecule has 0 bridgehead atoms. The highest BCUT2D eigenvalue weighted by molar-refractivity contribution is 5.71. The second-order valence-corrected chi connectivity index (χ2v) is 17.8. The van der Waals surface area contributed by atoms with Crippen LogP contribution in [-0.2, 0) is 28.6 Å². The molecule has 0 radical (unpaired) electrons. The van der Waals surface area contributed by atoms with Gasteiger partial charge < -0.3 is 14.2 Å². The number of unbranched alkanes of at least 4 members (excludes halogenated alkanes) is 29. The summed E-state index contributed by atoms with van der Waals surface area (Å²) in [6, 6.07) is 0. The Kier molecular flexibility index (Phi) is 48.8. The van der Waals surface area contributed by atoms with Crippen LogP contribution in [0.4, 0.5) is 0 Å². The van der Waals surface area contributed by atoms with Crippen molar-refractivity contribution in [2.75, 3.05) is 13.2 Å². The number of carbonyl (C=O) groups excluding carboxylic acids is 3. The van der Waals surface area contributed by atoms with Gasteiger partial charge in [-0.1, -0.05) is 243 Å². The van der Waals surface area contributed by atoms with E-state index in [0.717, 1.165) is 89.9 Å². The van der Waals surface area contributed by atoms with E-state index >= 15 is 0 Å². The minimum Gasteiger partial charge on any atom is -0.462 e. The molecule has 0 saturated carbocycles. The van der Waals surface area contributed by atoms with Crippen molar-refractivity contribution in [1.82, 2.24) is 0 Å². The van der Waals surface area contributed by atoms with Crippen LogP contribution in [0.15, 0.2) is 48.6 Å². The van der Waals surface area contributed by atoms with Crippen LogP contribution in [0.25, 0.3) is 0 Å². The Morgan fingerprint density at radius 1 is 0.339 bits per heavy atom. The first kappa shape index (κ1) is 59.4. The van der Waals surface area contributed by atoms with E-state index in [0.29, 0.717) is 19.3 Å². The summed E-state index contributed by atoms with van der Waals surface area (Å²) in [5.41, 5.74) is 0. The van der Waals surface area contributed by atoms with Gasteiger partial charge in [-0.3, -0.25) is 14.4 Å². The molecule has 0 spiro atoms. The van der Waals surface area contributed by atoms with Gasteiger partial charge in [0.15, 0.2) is 6.10 Å². The number of allylic oxidation sites excluding steroid dienone is 8. The van der Waals surface area contributed by atoms with Crippen molar-refractivity contribution in [3.05, 3.63) is 48.6 Å². The topological polar surface area (TPSA) is 78.9 Å². The first-order valence-electron chi connectivity index (χ1n) is 26.6. The predicted octanol–water partition coefficient (Wildman–Crippen LogP) is 17.5. The molecule has 0 rings (SSSR count). The van der Waals surface area contributed by atoms with Crippen LogP contribution in [-0.4, -0.2) is 37.2 Å². The van der Waals surface area contributed by atoms with Gasteiger partial charge in [0, 0.05) is 19.3 Å². The van der Waals surface area contributed by atoms with Gasteiger partial charge in [-0.05, 0) is 57.8 Å². The normalized spacial score (nSPS) is 12.4. The molecule has 0 aromatic rings. The lowest BCUT2D eigenvalue weighted by Crippen LogP contribution is -2.30. The van der Waals surface area contributed by atoms with E-state index in [4.69, 9.17) is 14.2 Å². The molecule has 0 saturated heterocycles. The van der Waals surface area contributed by atoms with E-state index in [9.17, 15) is 14.4 Å². The van der Waals surface area contributed by atoms with E-state index in [2.05, 4.69) is 69.4 Å². The predicted molar refractivity (Wildman–Crippen MR) is 265 cm³/mol. The second-order valence-electron chi connectivity index (χ2n) is 17.8. The number of esters is 3. The van der Waals surface area contributed by atoms with Crippen LogP contribution >= 0.6 is 0 Å². The summed E-state index contributed by atoms with van der Waals surface area (Å²) in [5.74, 6) is -0.882. The van der Waals surface area contributed by atoms with Gasteiger partial charge in [0.1, 0.15) is 13.2 Å². The van der Waals surface area contributed by atoms with Gasteiger partial charge in [-0.2, -0.15) is 0 Å². The molecule has 360 valence electrons. The zero-order chi connectivity index (χ0) is 45.1. The number of carbonyl (C=O) groups is 3. The summed E-state index contributed by atoms with van der Waals surface area (Å²) >= 11 is 0. The third-order valence-corrected chi connectivity index (χ3v) is 11.6. The summed E-state index contributed by atoms with van der Waals surface area (Å²) in [6.45, 7) is 6.51. The average Bonchev–Trinajstić information content (AvgIpc) is 3.27. The highest BCUT2D eigenvalue weighted by atomic mass is 16.6. The van der Waals surface area contributed by atoms with Crippen molar-refractivity contribution in [3.63, 3.8) is 0 Å². The lowest BCUT2D eigenvalue weighted by molar-refractivity contribution is -0.167. The van der Waals surface area contributed by atoms with Gasteiger partial charge in [0.05, 0.1) is 0 Å². The van der Waals surface area contributed by atoms with Crippen molar-refractivity contribution >= 4 is 17.9 Å². The SMILES string of the molecule is CC/C=C\C/C=C\C/C=C\C/C=C\CCCCCCCCC(=O)OCC(COC(=O)CCCCCCCCCC)OC(=O)CCCCCCCCCCCCCCCCCCC. The number of rotatable bonds is 48. The zero-order valence-electron chi connectivity index (χ0n) is 41.1. The van der Waals surface area contributed by atoms with Crippen molar-refractivity contribution in [3.8, 4) is 0 Å². The Morgan fingerprint density at radius 2 is 0.629 bits per heavy atom. The molecule has 0 amide bonds. The van der Waals surface area contributed by atoms with Crippen molar-refractivity contribution in [1.29, 1.82) is 0 Å². The van der Waals surface area contributed by atoms with Gasteiger partial charge in [-0.15, -0.1) is 0 Å². The molecule has 0 aliphatic heterocycles. The Labute approximate surface area is 384 Å². The van der Waals surface area contributed by atoms with Gasteiger partial charge in [0.2, 0.25) is 0 Å². The molecule has 6 nitrogen and oxygen atoms in total. The summed E-state index contributed by atoms with van der Waals surface area (Å²) in [6.07, 6.45) is 61.0. The second kappa shape index (κ2) is 51.0. The largest absolute Gasteiger partial charge is 0.462 e.